The van der Waals surface area contributed by atoms with Crippen molar-refractivity contribution in [2.24, 2.45) is 0 Å². The summed E-state index contributed by atoms with van der Waals surface area (Å²) in [6.45, 7) is 1.02. The van der Waals surface area contributed by atoms with Crippen molar-refractivity contribution in [1.82, 2.24) is 9.55 Å². The predicted octanol–water partition coefficient (Wildman–Crippen LogP) is 4.80. The molecule has 0 radical (unpaired) electrons. The highest BCUT2D eigenvalue weighted by Crippen LogP contribution is 2.33. The Morgan fingerprint density at radius 2 is 1.77 bits per heavy atom. The molecule has 2 heterocycles. The van der Waals surface area contributed by atoms with Crippen molar-refractivity contribution in [2.45, 2.75) is 50.7 Å². The van der Waals surface area contributed by atoms with Crippen molar-refractivity contribution >= 4 is 0 Å². The van der Waals surface area contributed by atoms with E-state index in [9.17, 15) is 4.79 Å². The van der Waals surface area contributed by atoms with Gasteiger partial charge < -0.3 is 9.47 Å². The molecule has 3 aromatic rings. The topological polar surface area (TPSA) is 53.4 Å². The van der Waals surface area contributed by atoms with E-state index in [2.05, 4.69) is 29.2 Å². The second kappa shape index (κ2) is 8.34. The number of rotatable bonds is 5. The summed E-state index contributed by atoms with van der Waals surface area (Å²) >= 11 is 0. The van der Waals surface area contributed by atoms with E-state index >= 15 is 0 Å². The minimum atomic E-state index is -0.292. The molecule has 1 aromatic heterocycles. The Bertz CT molecular complexity index is 1050. The largest absolute Gasteiger partial charge is 0.490 e. The van der Waals surface area contributed by atoms with Crippen LogP contribution in [-0.2, 0) is 6.54 Å². The monoisotopic (exact) mass is 402 g/mol. The highest BCUT2D eigenvalue weighted by Gasteiger charge is 2.27. The number of hydrogen-bond donors (Lipinski definition) is 0. The molecule has 5 heteroatoms. The van der Waals surface area contributed by atoms with Gasteiger partial charge in [-0.3, -0.25) is 9.36 Å². The number of nitrogens with zero attached hydrogens (tertiary/aromatic N) is 2. The Balaban J connectivity index is 1.25. The lowest BCUT2D eigenvalue weighted by Crippen LogP contribution is -2.23. The molecule has 1 atom stereocenters. The van der Waals surface area contributed by atoms with Crippen LogP contribution >= 0.6 is 0 Å². The SMILES string of the molecule is O=c1cc(-c2ccccc2)n2c(n1)O[C@H](COc1ccc(C3CCCCC3)cc1)C2. The molecule has 2 aliphatic rings. The van der Waals surface area contributed by atoms with Gasteiger partial charge in [0.1, 0.15) is 12.4 Å². The molecule has 1 aliphatic heterocycles. The first-order valence-electron chi connectivity index (χ1n) is 10.8. The van der Waals surface area contributed by atoms with Gasteiger partial charge in [0.2, 0.25) is 0 Å². The molecule has 0 spiro atoms. The van der Waals surface area contributed by atoms with Crippen LogP contribution in [0.2, 0.25) is 0 Å². The van der Waals surface area contributed by atoms with E-state index in [1.165, 1.54) is 37.7 Å². The van der Waals surface area contributed by atoms with Crippen molar-refractivity contribution in [3.8, 4) is 23.0 Å². The zero-order valence-corrected chi connectivity index (χ0v) is 17.0. The lowest BCUT2D eigenvalue weighted by Gasteiger charge is -2.22. The molecule has 0 bridgehead atoms. The predicted molar refractivity (Wildman–Crippen MR) is 116 cm³/mol. The quantitative estimate of drug-likeness (QED) is 0.615. The smallest absolute Gasteiger partial charge is 0.300 e. The van der Waals surface area contributed by atoms with Crippen molar-refractivity contribution in [2.75, 3.05) is 6.61 Å². The Morgan fingerprint density at radius 3 is 2.53 bits per heavy atom. The summed E-state index contributed by atoms with van der Waals surface area (Å²) in [5, 5.41) is 0. The van der Waals surface area contributed by atoms with Crippen LogP contribution in [0.15, 0.2) is 65.5 Å². The zero-order valence-electron chi connectivity index (χ0n) is 17.0. The summed E-state index contributed by atoms with van der Waals surface area (Å²) in [6.07, 6.45) is 6.45. The zero-order chi connectivity index (χ0) is 20.3. The molecule has 0 unspecified atom stereocenters. The molecule has 1 fully saturated rings. The second-order valence-electron chi connectivity index (χ2n) is 8.19. The maximum atomic E-state index is 12.0. The van der Waals surface area contributed by atoms with E-state index in [-0.39, 0.29) is 11.7 Å². The van der Waals surface area contributed by atoms with Gasteiger partial charge in [-0.25, -0.2) is 0 Å². The fourth-order valence-electron chi connectivity index (χ4n) is 4.54. The van der Waals surface area contributed by atoms with Gasteiger partial charge in [0.15, 0.2) is 6.10 Å². The van der Waals surface area contributed by atoms with Crippen LogP contribution in [0.25, 0.3) is 11.3 Å². The molecule has 0 saturated heterocycles. The number of fused-ring (bicyclic) bond motifs is 1. The van der Waals surface area contributed by atoms with Crippen LogP contribution < -0.4 is 15.0 Å². The third kappa shape index (κ3) is 3.97. The fourth-order valence-corrected chi connectivity index (χ4v) is 4.54. The van der Waals surface area contributed by atoms with Crippen LogP contribution in [0.3, 0.4) is 0 Å². The van der Waals surface area contributed by atoms with E-state index in [4.69, 9.17) is 9.47 Å². The van der Waals surface area contributed by atoms with E-state index in [0.29, 0.717) is 25.1 Å². The molecule has 154 valence electrons. The lowest BCUT2D eigenvalue weighted by molar-refractivity contribution is 0.143. The fraction of sp³-hybridized carbons (Fsp3) is 0.360. The summed E-state index contributed by atoms with van der Waals surface area (Å²) in [7, 11) is 0. The van der Waals surface area contributed by atoms with Crippen molar-refractivity contribution in [3.63, 3.8) is 0 Å². The standard InChI is InChI=1S/C25H26N2O3/c28-24-15-23(20-9-5-2-6-10-20)27-16-22(30-25(27)26-24)17-29-21-13-11-19(12-14-21)18-7-3-1-4-8-18/h2,5-6,9-15,18,22H,1,3-4,7-8,16-17H2/t22-/m0/s1. The molecule has 0 N–H and O–H groups in total. The summed E-state index contributed by atoms with van der Waals surface area (Å²) in [5.41, 5.74) is 2.92. The number of aromatic nitrogens is 2. The lowest BCUT2D eigenvalue weighted by atomic mass is 9.84. The van der Waals surface area contributed by atoms with Crippen molar-refractivity contribution in [3.05, 3.63) is 76.6 Å². The highest BCUT2D eigenvalue weighted by molar-refractivity contribution is 5.59. The molecular weight excluding hydrogens is 376 g/mol. The van der Waals surface area contributed by atoms with Gasteiger partial charge in [0.05, 0.1) is 12.2 Å². The second-order valence-corrected chi connectivity index (χ2v) is 8.19. The summed E-state index contributed by atoms with van der Waals surface area (Å²) in [6, 6.07) is 20.3. The summed E-state index contributed by atoms with van der Waals surface area (Å²) < 4.78 is 13.9. The summed E-state index contributed by atoms with van der Waals surface area (Å²) in [5.74, 6) is 1.54. The maximum absolute atomic E-state index is 12.0. The Morgan fingerprint density at radius 1 is 1.00 bits per heavy atom. The van der Waals surface area contributed by atoms with E-state index in [0.717, 1.165) is 17.0 Å². The van der Waals surface area contributed by atoms with Crippen molar-refractivity contribution in [1.29, 1.82) is 0 Å². The van der Waals surface area contributed by atoms with Crippen LogP contribution in [0.1, 0.15) is 43.6 Å². The molecule has 5 nitrogen and oxygen atoms in total. The first kappa shape index (κ1) is 18.9. The minimum absolute atomic E-state index is 0.181. The van der Waals surface area contributed by atoms with Gasteiger partial charge in [-0.05, 0) is 42.0 Å². The third-order valence-electron chi connectivity index (χ3n) is 6.11. The molecule has 1 saturated carbocycles. The number of benzene rings is 2. The minimum Gasteiger partial charge on any atom is -0.490 e. The average Bonchev–Trinajstić information content (AvgIpc) is 3.21. The average molecular weight is 402 g/mol. The van der Waals surface area contributed by atoms with Gasteiger partial charge >= 0.3 is 6.01 Å². The first-order valence-corrected chi connectivity index (χ1v) is 10.8. The normalized spacial score (nSPS) is 18.6. The molecular formula is C25H26N2O3. The van der Waals surface area contributed by atoms with Gasteiger partial charge in [-0.2, -0.15) is 4.98 Å². The number of hydrogen-bond acceptors (Lipinski definition) is 4. The molecule has 1 aliphatic carbocycles. The van der Waals surface area contributed by atoms with Gasteiger partial charge in [-0.1, -0.05) is 61.7 Å². The van der Waals surface area contributed by atoms with Crippen LogP contribution in [0.5, 0.6) is 11.8 Å². The van der Waals surface area contributed by atoms with Gasteiger partial charge in [0.25, 0.3) is 5.56 Å². The van der Waals surface area contributed by atoms with E-state index in [1.807, 2.05) is 34.9 Å². The molecule has 0 amide bonds. The third-order valence-corrected chi connectivity index (χ3v) is 6.11. The Kier molecular flexibility index (Phi) is 5.26. The van der Waals surface area contributed by atoms with Crippen molar-refractivity contribution < 1.29 is 9.47 Å². The van der Waals surface area contributed by atoms with Crippen LogP contribution in [-0.4, -0.2) is 22.3 Å². The molecule has 5 rings (SSSR count). The molecule has 30 heavy (non-hydrogen) atoms. The Hall–Kier alpha value is -3.08. The maximum Gasteiger partial charge on any atom is 0.300 e. The Labute approximate surface area is 176 Å². The van der Waals surface area contributed by atoms with Crippen LogP contribution in [0, 0.1) is 0 Å². The highest BCUT2D eigenvalue weighted by atomic mass is 16.6. The van der Waals surface area contributed by atoms with Crippen LogP contribution in [0.4, 0.5) is 0 Å². The van der Waals surface area contributed by atoms with Gasteiger partial charge in [-0.15, -0.1) is 0 Å². The number of ether oxygens (including phenoxy) is 2. The molecule has 2 aromatic carbocycles. The summed E-state index contributed by atoms with van der Waals surface area (Å²) in [4.78, 5) is 16.1. The van der Waals surface area contributed by atoms with E-state index in [1.54, 1.807) is 6.07 Å². The van der Waals surface area contributed by atoms with Gasteiger partial charge in [0, 0.05) is 6.07 Å². The van der Waals surface area contributed by atoms with E-state index < -0.39 is 0 Å². The first-order chi connectivity index (χ1) is 14.8.